The molecule has 0 atom stereocenters. The van der Waals surface area contributed by atoms with Crippen LogP contribution < -0.4 is 11.1 Å². The van der Waals surface area contributed by atoms with E-state index in [1.165, 1.54) is 22.9 Å². The average molecular weight is 277 g/mol. The van der Waals surface area contributed by atoms with Crippen LogP contribution in [0.4, 0.5) is 10.1 Å². The van der Waals surface area contributed by atoms with Gasteiger partial charge < -0.3 is 11.1 Å². The lowest BCUT2D eigenvalue weighted by Crippen LogP contribution is -2.29. The maximum absolute atomic E-state index is 13.0. The molecule has 0 unspecified atom stereocenters. The molecule has 6 nitrogen and oxygen atoms in total. The van der Waals surface area contributed by atoms with Crippen LogP contribution in [0, 0.1) is 5.82 Å². The predicted octanol–water partition coefficient (Wildman–Crippen LogP) is 1.25. The molecule has 2 aromatic rings. The quantitative estimate of drug-likeness (QED) is 0.880. The van der Waals surface area contributed by atoms with E-state index in [9.17, 15) is 9.18 Å². The van der Waals surface area contributed by atoms with Crippen LogP contribution >= 0.6 is 0 Å². The number of anilines is 1. The Morgan fingerprint density at radius 3 is 2.85 bits per heavy atom. The highest BCUT2D eigenvalue weighted by Gasteiger charge is 2.18. The molecule has 20 heavy (non-hydrogen) atoms. The molecule has 0 aliphatic heterocycles. The minimum Gasteiger partial charge on any atom is -0.324 e. The van der Waals surface area contributed by atoms with Gasteiger partial charge in [0.1, 0.15) is 18.1 Å². The van der Waals surface area contributed by atoms with Gasteiger partial charge in [0.15, 0.2) is 0 Å². The molecule has 0 fully saturated rings. The first-order chi connectivity index (χ1) is 9.34. The normalized spacial score (nSPS) is 11.4. The number of nitrogens with two attached hydrogens (primary N) is 1. The van der Waals surface area contributed by atoms with Crippen molar-refractivity contribution in [3.8, 4) is 0 Å². The molecule has 7 heteroatoms. The fourth-order valence-electron chi connectivity index (χ4n) is 1.58. The zero-order valence-corrected chi connectivity index (χ0v) is 11.3. The van der Waals surface area contributed by atoms with E-state index in [1.54, 1.807) is 26.1 Å². The van der Waals surface area contributed by atoms with Gasteiger partial charge in [-0.25, -0.2) is 9.07 Å². The van der Waals surface area contributed by atoms with Crippen molar-refractivity contribution in [1.29, 1.82) is 0 Å². The van der Waals surface area contributed by atoms with Crippen LogP contribution in [0.25, 0.3) is 0 Å². The standard InChI is InChI=1S/C13H16FN5O/c1-13(2,15)11-7-19(18-17-11)8-12(20)16-10-5-3-4-9(14)6-10/h3-7H,8,15H2,1-2H3,(H,16,20). The Bertz CT molecular complexity index is 617. The minimum atomic E-state index is -0.614. The first kappa shape index (κ1) is 14.1. The van der Waals surface area contributed by atoms with Gasteiger partial charge in [-0.2, -0.15) is 0 Å². The SMILES string of the molecule is CC(C)(N)c1cn(CC(=O)Nc2cccc(F)c2)nn1. The summed E-state index contributed by atoms with van der Waals surface area (Å²) in [5.41, 5.74) is 6.26. The van der Waals surface area contributed by atoms with Crippen LogP contribution in [0.5, 0.6) is 0 Å². The Kier molecular flexibility index (Phi) is 3.80. The molecule has 0 spiro atoms. The van der Waals surface area contributed by atoms with E-state index < -0.39 is 11.4 Å². The van der Waals surface area contributed by atoms with E-state index in [0.717, 1.165) is 0 Å². The summed E-state index contributed by atoms with van der Waals surface area (Å²) in [6.45, 7) is 3.59. The minimum absolute atomic E-state index is 0.0143. The summed E-state index contributed by atoms with van der Waals surface area (Å²) in [5.74, 6) is -0.724. The van der Waals surface area contributed by atoms with Crippen LogP contribution in [-0.2, 0) is 16.9 Å². The number of nitrogens with one attached hydrogen (secondary N) is 1. The monoisotopic (exact) mass is 277 g/mol. The first-order valence-corrected chi connectivity index (χ1v) is 6.09. The zero-order chi connectivity index (χ0) is 14.8. The van der Waals surface area contributed by atoms with Crippen molar-refractivity contribution in [3.63, 3.8) is 0 Å². The number of amides is 1. The molecule has 0 radical (unpaired) electrons. The largest absolute Gasteiger partial charge is 0.324 e. The van der Waals surface area contributed by atoms with Gasteiger partial charge in [0.25, 0.3) is 0 Å². The van der Waals surface area contributed by atoms with Crippen molar-refractivity contribution >= 4 is 11.6 Å². The summed E-state index contributed by atoms with van der Waals surface area (Å²) >= 11 is 0. The third-order valence-electron chi connectivity index (χ3n) is 2.61. The number of benzene rings is 1. The summed E-state index contributed by atoms with van der Waals surface area (Å²) in [6, 6.07) is 5.68. The number of halogens is 1. The molecule has 1 amide bonds. The Labute approximate surface area is 115 Å². The van der Waals surface area contributed by atoms with Crippen molar-refractivity contribution in [2.75, 3.05) is 5.32 Å². The van der Waals surface area contributed by atoms with Crippen molar-refractivity contribution in [2.24, 2.45) is 5.73 Å². The highest BCUT2D eigenvalue weighted by atomic mass is 19.1. The van der Waals surface area contributed by atoms with Crippen molar-refractivity contribution in [1.82, 2.24) is 15.0 Å². The maximum atomic E-state index is 13.0. The molecule has 106 valence electrons. The summed E-state index contributed by atoms with van der Waals surface area (Å²) in [4.78, 5) is 11.8. The Morgan fingerprint density at radius 2 is 2.25 bits per heavy atom. The Balaban J connectivity index is 2.00. The second-order valence-electron chi connectivity index (χ2n) is 5.08. The number of hydrogen-bond donors (Lipinski definition) is 2. The van der Waals surface area contributed by atoms with E-state index in [1.807, 2.05) is 0 Å². The molecule has 1 aromatic carbocycles. The van der Waals surface area contributed by atoms with E-state index in [4.69, 9.17) is 5.73 Å². The van der Waals surface area contributed by atoms with E-state index in [-0.39, 0.29) is 12.5 Å². The maximum Gasteiger partial charge on any atom is 0.246 e. The second kappa shape index (κ2) is 5.38. The van der Waals surface area contributed by atoms with Gasteiger partial charge in [0, 0.05) is 5.69 Å². The number of nitrogens with zero attached hydrogens (tertiary/aromatic N) is 3. The summed E-state index contributed by atoms with van der Waals surface area (Å²) in [7, 11) is 0. The number of carbonyl (C=O) groups is 1. The van der Waals surface area contributed by atoms with E-state index >= 15 is 0 Å². The molecule has 1 heterocycles. The lowest BCUT2D eigenvalue weighted by molar-refractivity contribution is -0.116. The third kappa shape index (κ3) is 3.61. The van der Waals surface area contributed by atoms with Crippen LogP contribution in [0.2, 0.25) is 0 Å². The van der Waals surface area contributed by atoms with E-state index in [0.29, 0.717) is 11.4 Å². The number of rotatable bonds is 4. The molecule has 0 aliphatic carbocycles. The van der Waals surface area contributed by atoms with Crippen LogP contribution in [0.3, 0.4) is 0 Å². The average Bonchev–Trinajstić information content (AvgIpc) is 2.76. The molecular weight excluding hydrogens is 261 g/mol. The molecule has 0 saturated carbocycles. The molecule has 1 aromatic heterocycles. The van der Waals surface area contributed by atoms with Crippen molar-refractivity contribution in [2.45, 2.75) is 25.9 Å². The predicted molar refractivity (Wildman–Crippen MR) is 72.3 cm³/mol. The van der Waals surface area contributed by atoms with Gasteiger partial charge >= 0.3 is 0 Å². The highest BCUT2D eigenvalue weighted by Crippen LogP contribution is 2.13. The zero-order valence-electron chi connectivity index (χ0n) is 11.3. The summed E-state index contributed by atoms with van der Waals surface area (Å²) in [6.07, 6.45) is 1.62. The first-order valence-electron chi connectivity index (χ1n) is 6.09. The molecule has 0 bridgehead atoms. The molecule has 0 saturated heterocycles. The van der Waals surface area contributed by atoms with Gasteiger partial charge in [0.05, 0.1) is 11.7 Å². The van der Waals surface area contributed by atoms with Crippen molar-refractivity contribution in [3.05, 3.63) is 42.0 Å². The fraction of sp³-hybridized carbons (Fsp3) is 0.308. The molecule has 0 aliphatic rings. The van der Waals surface area contributed by atoms with Gasteiger partial charge in [-0.05, 0) is 32.0 Å². The lowest BCUT2D eigenvalue weighted by atomic mass is 10.0. The second-order valence-corrected chi connectivity index (χ2v) is 5.08. The van der Waals surface area contributed by atoms with E-state index in [2.05, 4.69) is 15.6 Å². The van der Waals surface area contributed by atoms with Crippen LogP contribution in [-0.4, -0.2) is 20.9 Å². The van der Waals surface area contributed by atoms with Crippen LogP contribution in [0.15, 0.2) is 30.5 Å². The van der Waals surface area contributed by atoms with Crippen molar-refractivity contribution < 1.29 is 9.18 Å². The fourth-order valence-corrected chi connectivity index (χ4v) is 1.58. The third-order valence-corrected chi connectivity index (χ3v) is 2.61. The smallest absolute Gasteiger partial charge is 0.246 e. The number of carbonyl (C=O) groups excluding carboxylic acids is 1. The van der Waals surface area contributed by atoms with Gasteiger partial charge in [-0.1, -0.05) is 11.3 Å². The lowest BCUT2D eigenvalue weighted by Gasteiger charge is -2.13. The number of hydrogen-bond acceptors (Lipinski definition) is 4. The topological polar surface area (TPSA) is 85.8 Å². The van der Waals surface area contributed by atoms with Gasteiger partial charge in [-0.3, -0.25) is 4.79 Å². The Morgan fingerprint density at radius 1 is 1.50 bits per heavy atom. The number of aromatic nitrogens is 3. The molecule has 2 rings (SSSR count). The molecule has 3 N–H and O–H groups in total. The van der Waals surface area contributed by atoms with Gasteiger partial charge in [0.2, 0.25) is 5.91 Å². The highest BCUT2D eigenvalue weighted by molar-refractivity contribution is 5.90. The molecular formula is C13H16FN5O. The van der Waals surface area contributed by atoms with Gasteiger partial charge in [-0.15, -0.1) is 5.10 Å². The van der Waals surface area contributed by atoms with Crippen LogP contribution in [0.1, 0.15) is 19.5 Å². The summed E-state index contributed by atoms with van der Waals surface area (Å²) < 4.78 is 14.4. The summed E-state index contributed by atoms with van der Waals surface area (Å²) in [5, 5.41) is 10.3. The Hall–Kier alpha value is -2.28.